The van der Waals surface area contributed by atoms with Gasteiger partial charge in [-0.15, -0.1) is 0 Å². The number of rotatable bonds is 3. The first-order chi connectivity index (χ1) is 12.4. The maximum atomic E-state index is 13.1. The maximum Gasteiger partial charge on any atom is 0.264 e. The molecule has 1 heterocycles. The topological polar surface area (TPSA) is 101 Å². The molecule has 2 aromatic rings. The Morgan fingerprint density at radius 2 is 1.85 bits per heavy atom. The minimum Gasteiger partial charge on any atom is -0.375 e. The maximum absolute atomic E-state index is 13.1. The van der Waals surface area contributed by atoms with E-state index < -0.39 is 23.3 Å². The van der Waals surface area contributed by atoms with Gasteiger partial charge in [0.1, 0.15) is 6.54 Å². The second kappa shape index (κ2) is 5.78. The molecule has 1 aliphatic heterocycles. The third-order valence-corrected chi connectivity index (χ3v) is 5.30. The molecule has 0 spiro atoms. The molecule has 2 amide bonds. The lowest BCUT2D eigenvalue weighted by Gasteiger charge is -2.34. The molecule has 132 valence electrons. The third-order valence-electron chi connectivity index (χ3n) is 5.30. The van der Waals surface area contributed by atoms with Crippen molar-refractivity contribution >= 4 is 23.3 Å². The molecule has 0 unspecified atom stereocenters. The van der Waals surface area contributed by atoms with Gasteiger partial charge in [-0.2, -0.15) is 0 Å². The highest BCUT2D eigenvalue weighted by molar-refractivity contribution is 6.13. The standard InChI is InChI=1S/C20H18N2O4/c21-17(23)11-22-16-8-4-3-7-14(16)20(26,19(22)25)15-10-9-12-5-1-2-6-13(12)18(15)24/h1-8,15,26H,9-11H2,(H2,21,23)/t15-,20-/m0/s1. The zero-order chi connectivity index (χ0) is 18.5. The quantitative estimate of drug-likeness (QED) is 0.867. The van der Waals surface area contributed by atoms with Crippen molar-refractivity contribution < 1.29 is 19.5 Å². The fourth-order valence-corrected chi connectivity index (χ4v) is 4.11. The molecule has 2 atom stereocenters. The summed E-state index contributed by atoms with van der Waals surface area (Å²) in [6.07, 6.45) is 0.955. The Kier molecular flexibility index (Phi) is 3.66. The van der Waals surface area contributed by atoms with Gasteiger partial charge in [0.2, 0.25) is 5.91 Å². The van der Waals surface area contributed by atoms with E-state index in [9.17, 15) is 19.5 Å². The molecule has 6 heteroatoms. The molecule has 0 saturated carbocycles. The lowest BCUT2D eigenvalue weighted by molar-refractivity contribution is -0.141. The zero-order valence-electron chi connectivity index (χ0n) is 14.0. The van der Waals surface area contributed by atoms with E-state index in [1.54, 1.807) is 36.4 Å². The molecule has 0 radical (unpaired) electrons. The molecular formula is C20H18N2O4. The van der Waals surface area contributed by atoms with Crippen molar-refractivity contribution in [2.75, 3.05) is 11.4 Å². The van der Waals surface area contributed by atoms with Crippen molar-refractivity contribution in [3.05, 3.63) is 65.2 Å². The number of carbonyl (C=O) groups is 3. The van der Waals surface area contributed by atoms with Crippen LogP contribution in [0.1, 0.15) is 27.9 Å². The van der Waals surface area contributed by atoms with Gasteiger partial charge in [0.25, 0.3) is 5.91 Å². The minimum absolute atomic E-state index is 0.251. The van der Waals surface area contributed by atoms with E-state index in [-0.39, 0.29) is 12.3 Å². The molecule has 6 nitrogen and oxygen atoms in total. The molecule has 26 heavy (non-hydrogen) atoms. The Hall–Kier alpha value is -2.99. The fourth-order valence-electron chi connectivity index (χ4n) is 4.11. The van der Waals surface area contributed by atoms with Gasteiger partial charge in [0.05, 0.1) is 11.6 Å². The van der Waals surface area contributed by atoms with E-state index in [4.69, 9.17) is 5.73 Å². The Bertz CT molecular complexity index is 939. The second-order valence-electron chi connectivity index (χ2n) is 6.75. The van der Waals surface area contributed by atoms with Crippen LogP contribution in [0.25, 0.3) is 0 Å². The lowest BCUT2D eigenvalue weighted by atomic mass is 9.71. The molecule has 1 aliphatic carbocycles. The highest BCUT2D eigenvalue weighted by Gasteiger charge is 2.57. The first-order valence-electron chi connectivity index (χ1n) is 8.49. The number of anilines is 1. The normalized spacial score (nSPS) is 24.3. The molecule has 2 aromatic carbocycles. The number of hydrogen-bond donors (Lipinski definition) is 2. The van der Waals surface area contributed by atoms with Gasteiger partial charge in [-0.3, -0.25) is 19.3 Å². The highest BCUT2D eigenvalue weighted by Crippen LogP contribution is 2.48. The van der Waals surface area contributed by atoms with Gasteiger partial charge in [0, 0.05) is 11.1 Å². The van der Waals surface area contributed by atoms with Crippen molar-refractivity contribution in [3.8, 4) is 0 Å². The van der Waals surface area contributed by atoms with E-state index in [0.29, 0.717) is 29.7 Å². The Labute approximate surface area is 150 Å². The van der Waals surface area contributed by atoms with Crippen molar-refractivity contribution in [2.45, 2.75) is 18.4 Å². The Balaban J connectivity index is 1.82. The summed E-state index contributed by atoms with van der Waals surface area (Å²) in [5, 5.41) is 11.5. The number of aryl methyl sites for hydroxylation is 1. The van der Waals surface area contributed by atoms with Crippen LogP contribution in [0.4, 0.5) is 5.69 Å². The van der Waals surface area contributed by atoms with E-state index in [0.717, 1.165) is 5.56 Å². The summed E-state index contributed by atoms with van der Waals surface area (Å²) in [4.78, 5) is 38.7. The van der Waals surface area contributed by atoms with E-state index in [2.05, 4.69) is 0 Å². The van der Waals surface area contributed by atoms with E-state index >= 15 is 0 Å². The van der Waals surface area contributed by atoms with Crippen LogP contribution in [-0.2, 0) is 21.6 Å². The summed E-state index contributed by atoms with van der Waals surface area (Å²) in [6.45, 7) is -0.338. The molecule has 3 N–H and O–H groups in total. The Morgan fingerprint density at radius 3 is 2.62 bits per heavy atom. The SMILES string of the molecule is NC(=O)CN1C(=O)[C@@](O)([C@H]2CCc3ccccc3C2=O)c2ccccc21. The van der Waals surface area contributed by atoms with Crippen LogP contribution in [0.15, 0.2) is 48.5 Å². The van der Waals surface area contributed by atoms with E-state index in [1.165, 1.54) is 4.90 Å². The van der Waals surface area contributed by atoms with Gasteiger partial charge in [-0.05, 0) is 24.5 Å². The molecule has 0 saturated heterocycles. The number of aliphatic hydroxyl groups is 1. The van der Waals surface area contributed by atoms with Crippen LogP contribution in [0.5, 0.6) is 0 Å². The summed E-state index contributed by atoms with van der Waals surface area (Å²) < 4.78 is 0. The number of nitrogens with zero attached hydrogens (tertiary/aromatic N) is 1. The molecular weight excluding hydrogens is 332 g/mol. The minimum atomic E-state index is -1.99. The summed E-state index contributed by atoms with van der Waals surface area (Å²) in [5.41, 5.74) is 5.51. The summed E-state index contributed by atoms with van der Waals surface area (Å²) >= 11 is 0. The third kappa shape index (κ3) is 2.19. The van der Waals surface area contributed by atoms with Crippen LogP contribution in [0, 0.1) is 5.92 Å². The predicted octanol–water partition coefficient (Wildman–Crippen LogP) is 1.15. The molecule has 4 rings (SSSR count). The van der Waals surface area contributed by atoms with Crippen molar-refractivity contribution in [3.63, 3.8) is 0 Å². The van der Waals surface area contributed by atoms with Gasteiger partial charge >= 0.3 is 0 Å². The number of Topliss-reactive ketones (excluding diaryl/α,β-unsaturated/α-hetero) is 1. The number of primary amides is 1. The predicted molar refractivity (Wildman–Crippen MR) is 94.5 cm³/mol. The largest absolute Gasteiger partial charge is 0.375 e. The number of benzene rings is 2. The highest BCUT2D eigenvalue weighted by atomic mass is 16.3. The van der Waals surface area contributed by atoms with Crippen LogP contribution >= 0.6 is 0 Å². The van der Waals surface area contributed by atoms with Crippen LogP contribution in [0.2, 0.25) is 0 Å². The summed E-state index contributed by atoms with van der Waals surface area (Å²) in [7, 11) is 0. The first kappa shape index (κ1) is 16.5. The van der Waals surface area contributed by atoms with Crippen LogP contribution in [0.3, 0.4) is 0 Å². The average molecular weight is 350 g/mol. The smallest absolute Gasteiger partial charge is 0.264 e. The number of para-hydroxylation sites is 1. The number of ketones is 1. The average Bonchev–Trinajstić information content (AvgIpc) is 2.85. The van der Waals surface area contributed by atoms with Crippen molar-refractivity contribution in [1.82, 2.24) is 0 Å². The number of carbonyl (C=O) groups excluding carboxylic acids is 3. The monoisotopic (exact) mass is 350 g/mol. The van der Waals surface area contributed by atoms with Crippen LogP contribution in [-0.4, -0.2) is 29.2 Å². The molecule has 0 bridgehead atoms. The van der Waals surface area contributed by atoms with Crippen molar-refractivity contribution in [2.24, 2.45) is 11.7 Å². The Morgan fingerprint density at radius 1 is 1.15 bits per heavy atom. The molecule has 2 aliphatic rings. The zero-order valence-corrected chi connectivity index (χ0v) is 14.0. The van der Waals surface area contributed by atoms with Crippen LogP contribution < -0.4 is 10.6 Å². The second-order valence-corrected chi connectivity index (χ2v) is 6.75. The van der Waals surface area contributed by atoms with Gasteiger partial charge in [-0.25, -0.2) is 0 Å². The van der Waals surface area contributed by atoms with Gasteiger partial charge in [-0.1, -0.05) is 42.5 Å². The fraction of sp³-hybridized carbons (Fsp3) is 0.250. The van der Waals surface area contributed by atoms with E-state index in [1.807, 2.05) is 12.1 Å². The summed E-state index contributed by atoms with van der Waals surface area (Å²) in [6, 6.07) is 13.9. The number of amides is 2. The number of nitrogens with two attached hydrogens (primary N) is 1. The summed E-state index contributed by atoms with van der Waals surface area (Å²) in [5.74, 6) is -2.50. The molecule has 0 fully saturated rings. The van der Waals surface area contributed by atoms with Gasteiger partial charge < -0.3 is 10.8 Å². The van der Waals surface area contributed by atoms with Gasteiger partial charge in [0.15, 0.2) is 11.4 Å². The number of hydrogen-bond acceptors (Lipinski definition) is 4. The van der Waals surface area contributed by atoms with Crippen molar-refractivity contribution in [1.29, 1.82) is 0 Å². The first-order valence-corrected chi connectivity index (χ1v) is 8.49. The molecule has 0 aromatic heterocycles. The number of fused-ring (bicyclic) bond motifs is 2. The lowest BCUT2D eigenvalue weighted by Crippen LogP contribution is -2.51.